The molecule has 3 aromatic rings. The van der Waals surface area contributed by atoms with Gasteiger partial charge in [0.25, 0.3) is 5.91 Å². The molecule has 1 fully saturated rings. The quantitative estimate of drug-likeness (QED) is 0.327. The van der Waals surface area contributed by atoms with Crippen LogP contribution >= 0.6 is 31.9 Å². The Labute approximate surface area is 226 Å². The summed E-state index contributed by atoms with van der Waals surface area (Å²) in [5.74, 6) is -0.286. The number of likely N-dealkylation sites (tertiary alicyclic amines) is 1. The number of nitrogens with zero attached hydrogens (tertiary/aromatic N) is 1. The first kappa shape index (κ1) is 25.9. The molecule has 4 rings (SSSR count). The number of anilines is 2. The van der Waals surface area contributed by atoms with Gasteiger partial charge in [0.15, 0.2) is 0 Å². The number of piperidine rings is 1. The van der Waals surface area contributed by atoms with Gasteiger partial charge < -0.3 is 20.9 Å². The molecule has 4 amide bonds. The van der Waals surface area contributed by atoms with Gasteiger partial charge in [-0.25, -0.2) is 4.79 Å². The molecule has 1 saturated heterocycles. The summed E-state index contributed by atoms with van der Waals surface area (Å²) < 4.78 is 1.92. The lowest BCUT2D eigenvalue weighted by Crippen LogP contribution is -2.47. The van der Waals surface area contributed by atoms with Gasteiger partial charge in [-0.3, -0.25) is 9.59 Å². The van der Waals surface area contributed by atoms with Gasteiger partial charge in [-0.05, 0) is 79.1 Å². The Kier molecular flexibility index (Phi) is 8.77. The van der Waals surface area contributed by atoms with E-state index < -0.39 is 0 Å². The minimum absolute atomic E-state index is 0.000445. The Morgan fingerprint density at radius 3 is 1.89 bits per heavy atom. The van der Waals surface area contributed by atoms with Gasteiger partial charge >= 0.3 is 6.03 Å². The average Bonchev–Trinajstić information content (AvgIpc) is 2.87. The third kappa shape index (κ3) is 7.41. The molecule has 1 heterocycles. The Morgan fingerprint density at radius 1 is 0.750 bits per heavy atom. The zero-order valence-electron chi connectivity index (χ0n) is 19.5. The fraction of sp³-hybridized carbons (Fsp3) is 0.222. The van der Waals surface area contributed by atoms with Gasteiger partial charge in [0.1, 0.15) is 0 Å². The highest BCUT2D eigenvalue weighted by Gasteiger charge is 2.24. The van der Waals surface area contributed by atoms with Crippen molar-refractivity contribution >= 4 is 61.1 Å². The molecule has 1 aliphatic heterocycles. The third-order valence-corrected chi connectivity index (χ3v) is 6.98. The normalized spacial score (nSPS) is 13.7. The largest absolute Gasteiger partial charge is 0.349 e. The molecule has 36 heavy (non-hydrogen) atoms. The number of halogens is 2. The molecule has 186 valence electrons. The van der Waals surface area contributed by atoms with Crippen LogP contribution in [0.5, 0.6) is 0 Å². The van der Waals surface area contributed by atoms with E-state index in [0.717, 1.165) is 20.2 Å². The van der Waals surface area contributed by atoms with Crippen LogP contribution in [0, 0.1) is 0 Å². The molecular weight excluding hydrogens is 588 g/mol. The van der Waals surface area contributed by atoms with Gasteiger partial charge in [0.2, 0.25) is 5.91 Å². The van der Waals surface area contributed by atoms with Crippen LogP contribution in [0.2, 0.25) is 0 Å². The number of urea groups is 1. The van der Waals surface area contributed by atoms with Crippen LogP contribution in [-0.4, -0.2) is 41.9 Å². The number of rotatable bonds is 6. The summed E-state index contributed by atoms with van der Waals surface area (Å²) in [5, 5.41) is 8.82. The van der Waals surface area contributed by atoms with E-state index in [1.54, 1.807) is 29.2 Å². The highest BCUT2D eigenvalue weighted by Crippen LogP contribution is 2.18. The predicted octanol–water partition coefficient (Wildman–Crippen LogP) is 5.82. The maximum absolute atomic E-state index is 12.7. The topological polar surface area (TPSA) is 90.5 Å². The third-order valence-electron chi connectivity index (χ3n) is 5.92. The van der Waals surface area contributed by atoms with Gasteiger partial charge in [-0.1, -0.05) is 44.0 Å². The van der Waals surface area contributed by atoms with E-state index in [9.17, 15) is 14.4 Å². The molecule has 1 aliphatic rings. The molecule has 0 bridgehead atoms. The van der Waals surface area contributed by atoms with E-state index in [2.05, 4.69) is 47.8 Å². The molecule has 0 aliphatic carbocycles. The molecule has 3 aromatic carbocycles. The minimum Gasteiger partial charge on any atom is -0.349 e. The summed E-state index contributed by atoms with van der Waals surface area (Å²) in [6.07, 6.45) is 1.64. The summed E-state index contributed by atoms with van der Waals surface area (Å²) >= 11 is 6.76. The van der Waals surface area contributed by atoms with Crippen molar-refractivity contribution in [1.29, 1.82) is 0 Å². The second kappa shape index (κ2) is 12.2. The number of hydrogen-bond acceptors (Lipinski definition) is 3. The van der Waals surface area contributed by atoms with Crippen LogP contribution in [-0.2, 0) is 11.2 Å². The first-order valence-corrected chi connectivity index (χ1v) is 13.2. The standard InChI is InChI=1S/C27H26Br2N4O3/c28-20-5-1-18(2-6-20)17-25(34)30-22-9-3-19(4-10-22)26(35)31-24-13-15-33(16-14-24)27(36)32-23-11-7-21(29)8-12-23/h1-12,24H,13-17H2,(H,30,34)(H,31,35)(H,32,36). The van der Waals surface area contributed by atoms with Gasteiger partial charge in [-0.2, -0.15) is 0 Å². The number of benzene rings is 3. The fourth-order valence-electron chi connectivity index (χ4n) is 3.93. The van der Waals surface area contributed by atoms with Crippen LogP contribution in [0.15, 0.2) is 81.7 Å². The molecule has 0 radical (unpaired) electrons. The number of carbonyl (C=O) groups excluding carboxylic acids is 3. The van der Waals surface area contributed by atoms with Crippen molar-refractivity contribution in [3.05, 3.63) is 92.9 Å². The second-order valence-corrected chi connectivity index (χ2v) is 10.4. The molecule has 0 unspecified atom stereocenters. The predicted molar refractivity (Wildman–Crippen MR) is 148 cm³/mol. The maximum Gasteiger partial charge on any atom is 0.321 e. The van der Waals surface area contributed by atoms with Crippen molar-refractivity contribution in [3.63, 3.8) is 0 Å². The molecule has 0 atom stereocenters. The Bertz CT molecular complexity index is 1210. The lowest BCUT2D eigenvalue weighted by atomic mass is 10.0. The summed E-state index contributed by atoms with van der Waals surface area (Å²) in [7, 11) is 0. The molecular formula is C27H26Br2N4O3. The zero-order chi connectivity index (χ0) is 25.5. The molecule has 0 aromatic heterocycles. The second-order valence-electron chi connectivity index (χ2n) is 8.60. The van der Waals surface area contributed by atoms with Crippen molar-refractivity contribution in [3.8, 4) is 0 Å². The monoisotopic (exact) mass is 612 g/mol. The van der Waals surface area contributed by atoms with E-state index in [1.165, 1.54) is 0 Å². The van der Waals surface area contributed by atoms with Crippen molar-refractivity contribution in [2.45, 2.75) is 25.3 Å². The van der Waals surface area contributed by atoms with Crippen LogP contribution < -0.4 is 16.0 Å². The molecule has 0 spiro atoms. The summed E-state index contributed by atoms with van der Waals surface area (Å²) in [4.78, 5) is 39.3. The number of carbonyl (C=O) groups is 3. The highest BCUT2D eigenvalue weighted by molar-refractivity contribution is 9.10. The Morgan fingerprint density at radius 2 is 1.28 bits per heavy atom. The van der Waals surface area contributed by atoms with Crippen LogP contribution in [0.4, 0.5) is 16.2 Å². The molecule has 9 heteroatoms. The van der Waals surface area contributed by atoms with Gasteiger partial charge in [0, 0.05) is 45.0 Å². The zero-order valence-corrected chi connectivity index (χ0v) is 22.6. The molecule has 7 nitrogen and oxygen atoms in total. The first-order valence-electron chi connectivity index (χ1n) is 11.6. The maximum atomic E-state index is 12.7. The fourth-order valence-corrected chi connectivity index (χ4v) is 4.46. The van der Waals surface area contributed by atoms with Crippen LogP contribution in [0.25, 0.3) is 0 Å². The molecule has 3 N–H and O–H groups in total. The lowest BCUT2D eigenvalue weighted by Gasteiger charge is -2.32. The number of hydrogen-bond donors (Lipinski definition) is 3. The lowest BCUT2D eigenvalue weighted by molar-refractivity contribution is -0.115. The smallest absolute Gasteiger partial charge is 0.321 e. The van der Waals surface area contributed by atoms with Gasteiger partial charge in [-0.15, -0.1) is 0 Å². The van der Waals surface area contributed by atoms with E-state index in [0.29, 0.717) is 37.2 Å². The van der Waals surface area contributed by atoms with Crippen LogP contribution in [0.3, 0.4) is 0 Å². The number of nitrogens with one attached hydrogen (secondary N) is 3. The van der Waals surface area contributed by atoms with E-state index in [-0.39, 0.29) is 30.3 Å². The minimum atomic E-state index is -0.166. The highest BCUT2D eigenvalue weighted by atomic mass is 79.9. The van der Waals surface area contributed by atoms with Crippen molar-refractivity contribution in [1.82, 2.24) is 10.2 Å². The number of amides is 4. The van der Waals surface area contributed by atoms with E-state index >= 15 is 0 Å². The van der Waals surface area contributed by atoms with E-state index in [1.807, 2.05) is 48.5 Å². The Hall–Kier alpha value is -3.17. The van der Waals surface area contributed by atoms with Gasteiger partial charge in [0.05, 0.1) is 6.42 Å². The summed E-state index contributed by atoms with van der Waals surface area (Å²) in [6, 6.07) is 21.7. The van der Waals surface area contributed by atoms with Crippen molar-refractivity contribution in [2.24, 2.45) is 0 Å². The van der Waals surface area contributed by atoms with Crippen molar-refractivity contribution < 1.29 is 14.4 Å². The SMILES string of the molecule is O=C(Cc1ccc(Br)cc1)Nc1ccc(C(=O)NC2CCN(C(=O)Nc3ccc(Br)cc3)CC2)cc1. The van der Waals surface area contributed by atoms with Crippen LogP contribution in [0.1, 0.15) is 28.8 Å². The summed E-state index contributed by atoms with van der Waals surface area (Å²) in [6.45, 7) is 1.13. The Balaban J connectivity index is 1.21. The summed E-state index contributed by atoms with van der Waals surface area (Å²) in [5.41, 5.74) is 2.82. The average molecular weight is 614 g/mol. The van der Waals surface area contributed by atoms with E-state index in [4.69, 9.17) is 0 Å². The molecule has 0 saturated carbocycles. The first-order chi connectivity index (χ1) is 17.4. The van der Waals surface area contributed by atoms with Crippen molar-refractivity contribution in [2.75, 3.05) is 23.7 Å².